The van der Waals surface area contributed by atoms with Gasteiger partial charge in [-0.05, 0) is 38.3 Å². The normalized spacial score (nSPS) is 22.6. The molecule has 0 aromatic heterocycles. The number of benzene rings is 1. The molecule has 0 heterocycles. The Hall–Kier alpha value is -1.48. The van der Waals surface area contributed by atoms with Crippen LogP contribution in [0.25, 0.3) is 0 Å². The number of ether oxygens (including phenoxy) is 1. The molecule has 1 N–H and O–H groups in total. The van der Waals surface area contributed by atoms with Crippen molar-refractivity contribution in [2.75, 3.05) is 0 Å². The topological polar surface area (TPSA) is 80.7 Å². The summed E-state index contributed by atoms with van der Waals surface area (Å²) in [4.78, 5) is 10.7. The lowest BCUT2D eigenvalue weighted by atomic mass is 10.1. The number of rotatable bonds is 5. The van der Waals surface area contributed by atoms with E-state index in [1.54, 1.807) is 0 Å². The third-order valence-electron chi connectivity index (χ3n) is 4.16. The van der Waals surface area contributed by atoms with Crippen LogP contribution in [0.2, 0.25) is 5.02 Å². The fraction of sp³-hybridized carbons (Fsp3) is 0.533. The monoisotopic (exact) mass is 400 g/mol. The number of hydrogen-bond acceptors (Lipinski definition) is 4. The predicted octanol–water partition coefficient (Wildman–Crippen LogP) is 3.70. The number of sulfone groups is 1. The van der Waals surface area contributed by atoms with Crippen molar-refractivity contribution in [3.63, 3.8) is 0 Å². The zero-order valence-corrected chi connectivity index (χ0v) is 14.7. The van der Waals surface area contributed by atoms with Crippen LogP contribution in [0.15, 0.2) is 23.1 Å². The molecule has 0 aliphatic heterocycles. The van der Waals surface area contributed by atoms with Crippen LogP contribution < -0.4 is 4.74 Å². The minimum atomic E-state index is -4.56. The van der Waals surface area contributed by atoms with E-state index in [0.717, 1.165) is 25.1 Å². The first-order chi connectivity index (χ1) is 11.4. The van der Waals surface area contributed by atoms with Crippen LogP contribution in [0.4, 0.5) is 13.2 Å². The van der Waals surface area contributed by atoms with Gasteiger partial charge in [-0.2, -0.15) is 13.2 Å². The molecule has 0 saturated heterocycles. The quantitative estimate of drug-likeness (QED) is 0.815. The average Bonchev–Trinajstić information content (AvgIpc) is 2.96. The summed E-state index contributed by atoms with van der Waals surface area (Å²) in [5.74, 6) is -1.98. The highest BCUT2D eigenvalue weighted by Gasteiger charge is 2.40. The van der Waals surface area contributed by atoms with Crippen LogP contribution in [0.3, 0.4) is 0 Å². The number of carboxylic acid groups (broad SMARTS) is 1. The molecule has 2 rings (SSSR count). The fourth-order valence-electron chi connectivity index (χ4n) is 2.68. The lowest BCUT2D eigenvalue weighted by Crippen LogP contribution is -2.31. The smallest absolute Gasteiger partial charge is 0.425 e. The summed E-state index contributed by atoms with van der Waals surface area (Å²) in [7, 11) is -3.88. The van der Waals surface area contributed by atoms with Crippen molar-refractivity contribution in [1.82, 2.24) is 0 Å². The zero-order chi connectivity index (χ0) is 19.0. The van der Waals surface area contributed by atoms with Crippen LogP contribution in [-0.2, 0) is 14.6 Å². The van der Waals surface area contributed by atoms with Crippen LogP contribution in [-0.4, -0.2) is 37.0 Å². The third-order valence-corrected chi connectivity index (χ3v) is 6.86. The molecule has 1 aromatic rings. The third kappa shape index (κ3) is 4.38. The second-order valence-electron chi connectivity index (χ2n) is 5.91. The Kier molecular flexibility index (Phi) is 5.58. The van der Waals surface area contributed by atoms with E-state index in [9.17, 15) is 26.4 Å². The van der Waals surface area contributed by atoms with Gasteiger partial charge in [0.05, 0.1) is 21.1 Å². The van der Waals surface area contributed by atoms with E-state index in [-0.39, 0.29) is 34.9 Å². The van der Waals surface area contributed by atoms with Gasteiger partial charge >= 0.3 is 12.1 Å². The molecular formula is C15H16ClF3O5S. The lowest BCUT2D eigenvalue weighted by Gasteiger charge is -2.19. The minimum Gasteiger partial charge on any atom is -0.481 e. The Morgan fingerprint density at radius 2 is 2.00 bits per heavy atom. The highest BCUT2D eigenvalue weighted by Crippen LogP contribution is 2.37. The number of carbonyl (C=O) groups is 1. The van der Waals surface area contributed by atoms with Crippen LogP contribution in [0.5, 0.6) is 5.75 Å². The first kappa shape index (κ1) is 19.8. The number of halogens is 4. The molecule has 3 atom stereocenters. The van der Waals surface area contributed by atoms with Gasteiger partial charge in [0.25, 0.3) is 0 Å². The Labute approximate surface area is 147 Å². The molecular weight excluding hydrogens is 385 g/mol. The SMILES string of the molecule is C[C@@H](Oc1ccc(S(=O)(=O)[C@@H]2CC[C@@H](C(=O)O)C2)c(Cl)c1)C(F)(F)F. The van der Waals surface area contributed by atoms with Crippen molar-refractivity contribution in [3.8, 4) is 5.75 Å². The summed E-state index contributed by atoms with van der Waals surface area (Å²) >= 11 is 5.93. The van der Waals surface area contributed by atoms with Crippen molar-refractivity contribution in [2.45, 2.75) is 48.6 Å². The van der Waals surface area contributed by atoms with Gasteiger partial charge in [0.1, 0.15) is 5.75 Å². The van der Waals surface area contributed by atoms with E-state index >= 15 is 0 Å². The first-order valence-electron chi connectivity index (χ1n) is 7.42. The Bertz CT molecular complexity index is 763. The molecule has 10 heteroatoms. The molecule has 1 saturated carbocycles. The summed E-state index contributed by atoms with van der Waals surface area (Å²) in [5, 5.41) is 7.84. The van der Waals surface area contributed by atoms with Gasteiger partial charge in [-0.1, -0.05) is 11.6 Å². The van der Waals surface area contributed by atoms with Gasteiger partial charge in [0.15, 0.2) is 15.9 Å². The highest BCUT2D eigenvalue weighted by atomic mass is 35.5. The minimum absolute atomic E-state index is 0.0165. The summed E-state index contributed by atoms with van der Waals surface area (Å²) in [5.41, 5.74) is 0. The van der Waals surface area contributed by atoms with E-state index < -0.39 is 39.3 Å². The zero-order valence-electron chi connectivity index (χ0n) is 13.1. The Morgan fingerprint density at radius 1 is 1.36 bits per heavy atom. The number of carboxylic acids is 1. The van der Waals surface area contributed by atoms with Gasteiger partial charge in [-0.25, -0.2) is 8.42 Å². The van der Waals surface area contributed by atoms with E-state index in [0.29, 0.717) is 0 Å². The molecule has 0 radical (unpaired) electrons. The molecule has 0 unspecified atom stereocenters. The molecule has 1 fully saturated rings. The molecule has 25 heavy (non-hydrogen) atoms. The summed E-state index contributed by atoms with van der Waals surface area (Å²) < 4.78 is 67.5. The second-order valence-corrected chi connectivity index (χ2v) is 8.51. The van der Waals surface area contributed by atoms with Gasteiger partial charge in [0, 0.05) is 6.07 Å². The van der Waals surface area contributed by atoms with Gasteiger partial charge in [-0.3, -0.25) is 4.79 Å². The van der Waals surface area contributed by atoms with E-state index in [4.69, 9.17) is 21.4 Å². The standard InChI is InChI=1S/C15H16ClF3O5S/c1-8(15(17,18)19)24-10-3-5-13(12(16)7-10)25(22,23)11-4-2-9(6-11)14(20)21/h3,5,7-9,11H,2,4,6H2,1H3,(H,20,21)/t8-,9-,11-/m1/s1. The predicted molar refractivity (Wildman–Crippen MR) is 83.5 cm³/mol. The molecule has 0 bridgehead atoms. The molecule has 0 spiro atoms. The maximum Gasteiger partial charge on any atom is 0.425 e. The number of aliphatic carboxylic acids is 1. The van der Waals surface area contributed by atoms with Gasteiger partial charge < -0.3 is 9.84 Å². The van der Waals surface area contributed by atoms with E-state index in [1.165, 1.54) is 0 Å². The molecule has 1 aromatic carbocycles. The van der Waals surface area contributed by atoms with Crippen LogP contribution in [0, 0.1) is 5.92 Å². The Morgan fingerprint density at radius 3 is 2.48 bits per heavy atom. The van der Waals surface area contributed by atoms with E-state index in [2.05, 4.69) is 0 Å². The number of alkyl halides is 3. The second kappa shape index (κ2) is 7.03. The molecule has 5 nitrogen and oxygen atoms in total. The van der Waals surface area contributed by atoms with E-state index in [1.807, 2.05) is 0 Å². The van der Waals surface area contributed by atoms with Crippen LogP contribution >= 0.6 is 11.6 Å². The fourth-order valence-corrected chi connectivity index (χ4v) is 5.06. The van der Waals surface area contributed by atoms with Crippen LogP contribution in [0.1, 0.15) is 26.2 Å². The summed E-state index contributed by atoms with van der Waals surface area (Å²) in [6.07, 6.45) is -6.21. The first-order valence-corrected chi connectivity index (χ1v) is 9.35. The highest BCUT2D eigenvalue weighted by molar-refractivity contribution is 7.92. The molecule has 140 valence electrons. The maximum atomic E-state index is 12.6. The summed E-state index contributed by atoms with van der Waals surface area (Å²) in [6.45, 7) is 0.823. The number of hydrogen-bond donors (Lipinski definition) is 1. The van der Waals surface area contributed by atoms with Gasteiger partial charge in [0.2, 0.25) is 0 Å². The van der Waals surface area contributed by atoms with Crippen molar-refractivity contribution in [1.29, 1.82) is 0 Å². The van der Waals surface area contributed by atoms with Crippen molar-refractivity contribution in [3.05, 3.63) is 23.2 Å². The molecule has 1 aliphatic carbocycles. The maximum absolute atomic E-state index is 12.6. The van der Waals surface area contributed by atoms with Gasteiger partial charge in [-0.15, -0.1) is 0 Å². The largest absolute Gasteiger partial charge is 0.481 e. The molecule has 1 aliphatic rings. The Balaban J connectivity index is 2.21. The summed E-state index contributed by atoms with van der Waals surface area (Å²) in [6, 6.07) is 3.20. The average molecular weight is 401 g/mol. The van der Waals surface area contributed by atoms with Crippen molar-refractivity contribution < 1.29 is 36.2 Å². The van der Waals surface area contributed by atoms with Crippen molar-refractivity contribution >= 4 is 27.4 Å². The molecule has 0 amide bonds. The van der Waals surface area contributed by atoms with Crippen molar-refractivity contribution in [2.24, 2.45) is 5.92 Å². The lowest BCUT2D eigenvalue weighted by molar-refractivity contribution is -0.189.